The van der Waals surface area contributed by atoms with Gasteiger partial charge in [-0.1, -0.05) is 6.07 Å². The first-order valence-corrected chi connectivity index (χ1v) is 5.16. The van der Waals surface area contributed by atoms with E-state index in [0.717, 1.165) is 13.2 Å². The van der Waals surface area contributed by atoms with Crippen molar-refractivity contribution in [2.24, 2.45) is 0 Å². The third-order valence-electron chi connectivity index (χ3n) is 1.51. The second-order valence-corrected chi connectivity index (χ2v) is 4.99. The van der Waals surface area contributed by atoms with Crippen molar-refractivity contribution in [1.82, 2.24) is 4.98 Å². The Kier molecular flexibility index (Phi) is 1.98. The molecule has 0 bridgehead atoms. The lowest BCUT2D eigenvalue weighted by atomic mass is 10.2. The van der Waals surface area contributed by atoms with Gasteiger partial charge in [0, 0.05) is 0 Å². The van der Waals surface area contributed by atoms with Gasteiger partial charge in [-0.15, -0.1) is 11.3 Å². The van der Waals surface area contributed by atoms with Gasteiger partial charge in [0.15, 0.2) is 3.01 Å². The topological polar surface area (TPSA) is 36.7 Å². The average molecular weight is 286 g/mol. The van der Waals surface area contributed by atoms with Crippen LogP contribution in [0.15, 0.2) is 18.2 Å². The molecule has 0 aliphatic heterocycles. The zero-order chi connectivity index (χ0) is 8.55. The van der Waals surface area contributed by atoms with Crippen LogP contribution in [0.2, 0.25) is 0 Å². The molecule has 0 radical (unpaired) electrons. The SMILES string of the molecule is N#Cc1cccc2nc(I)sc12. The van der Waals surface area contributed by atoms with Crippen LogP contribution < -0.4 is 0 Å². The number of fused-ring (bicyclic) bond motifs is 1. The lowest BCUT2D eigenvalue weighted by molar-refractivity contribution is 1.44. The van der Waals surface area contributed by atoms with E-state index < -0.39 is 0 Å². The highest BCUT2D eigenvalue weighted by Crippen LogP contribution is 2.25. The number of benzene rings is 1. The van der Waals surface area contributed by atoms with Crippen molar-refractivity contribution in [2.45, 2.75) is 0 Å². The Balaban J connectivity index is 2.89. The summed E-state index contributed by atoms with van der Waals surface area (Å²) in [6.07, 6.45) is 0. The molecular weight excluding hydrogens is 283 g/mol. The zero-order valence-electron chi connectivity index (χ0n) is 5.91. The molecule has 0 saturated heterocycles. The summed E-state index contributed by atoms with van der Waals surface area (Å²) in [5.41, 5.74) is 1.64. The molecular formula is C8H3IN2S. The molecule has 4 heteroatoms. The smallest absolute Gasteiger partial charge is 0.155 e. The van der Waals surface area contributed by atoms with Crippen molar-refractivity contribution < 1.29 is 0 Å². The fourth-order valence-electron chi connectivity index (χ4n) is 1.01. The summed E-state index contributed by atoms with van der Waals surface area (Å²) in [7, 11) is 0. The molecule has 0 aliphatic carbocycles. The molecule has 2 rings (SSSR count). The van der Waals surface area contributed by atoms with E-state index in [9.17, 15) is 0 Å². The van der Waals surface area contributed by atoms with Crippen LogP contribution in [0.25, 0.3) is 10.2 Å². The minimum Gasteiger partial charge on any atom is -0.230 e. The number of aromatic nitrogens is 1. The third kappa shape index (κ3) is 1.19. The number of nitrogens with zero attached hydrogens (tertiary/aromatic N) is 2. The second kappa shape index (κ2) is 2.99. The minimum absolute atomic E-state index is 0.716. The van der Waals surface area contributed by atoms with E-state index in [0.29, 0.717) is 5.56 Å². The Hall–Kier alpha value is -0.670. The van der Waals surface area contributed by atoms with Gasteiger partial charge in [-0.25, -0.2) is 4.98 Å². The molecule has 58 valence electrons. The van der Waals surface area contributed by atoms with Crippen LogP contribution in [0.5, 0.6) is 0 Å². The predicted octanol–water partition coefficient (Wildman–Crippen LogP) is 2.77. The fraction of sp³-hybridized carbons (Fsp3) is 0. The van der Waals surface area contributed by atoms with Gasteiger partial charge in [0.1, 0.15) is 6.07 Å². The molecule has 12 heavy (non-hydrogen) atoms. The highest BCUT2D eigenvalue weighted by molar-refractivity contribution is 14.1. The Morgan fingerprint density at radius 2 is 2.33 bits per heavy atom. The molecule has 2 nitrogen and oxygen atoms in total. The number of halogens is 1. The van der Waals surface area contributed by atoms with Crippen molar-refractivity contribution in [2.75, 3.05) is 0 Å². The van der Waals surface area contributed by atoms with Gasteiger partial charge in [0.25, 0.3) is 0 Å². The number of rotatable bonds is 0. The molecule has 0 saturated carbocycles. The molecule has 0 unspecified atom stereocenters. The molecule has 1 aromatic carbocycles. The maximum Gasteiger partial charge on any atom is 0.155 e. The van der Waals surface area contributed by atoms with Gasteiger partial charge < -0.3 is 0 Å². The summed E-state index contributed by atoms with van der Waals surface area (Å²) in [5, 5.41) is 8.77. The van der Waals surface area contributed by atoms with Crippen molar-refractivity contribution in [1.29, 1.82) is 5.26 Å². The van der Waals surface area contributed by atoms with Crippen LogP contribution in [0, 0.1) is 14.3 Å². The molecule has 0 fully saturated rings. The second-order valence-electron chi connectivity index (χ2n) is 2.23. The predicted molar refractivity (Wildman–Crippen MR) is 57.1 cm³/mol. The molecule has 0 atom stereocenters. The molecule has 0 amide bonds. The Labute approximate surface area is 87.0 Å². The quantitative estimate of drug-likeness (QED) is 0.698. The molecule has 2 aromatic rings. The molecule has 0 spiro atoms. The number of nitriles is 1. The molecule has 1 heterocycles. The first kappa shape index (κ1) is 7.95. The van der Waals surface area contributed by atoms with Crippen molar-refractivity contribution >= 4 is 44.1 Å². The number of hydrogen-bond donors (Lipinski definition) is 0. The summed E-state index contributed by atoms with van der Waals surface area (Å²) in [6.45, 7) is 0. The fourth-order valence-corrected chi connectivity index (χ4v) is 2.68. The standard InChI is InChI=1S/C8H3IN2S/c9-8-11-6-3-1-2-5(4-10)7(6)12-8/h1-3H. The zero-order valence-corrected chi connectivity index (χ0v) is 8.89. The minimum atomic E-state index is 0.716. The lowest BCUT2D eigenvalue weighted by Crippen LogP contribution is -1.73. The van der Waals surface area contributed by atoms with Crippen molar-refractivity contribution in [3.63, 3.8) is 0 Å². The third-order valence-corrected chi connectivity index (χ3v) is 3.30. The van der Waals surface area contributed by atoms with E-state index in [1.807, 2.05) is 18.2 Å². The molecule has 1 aromatic heterocycles. The average Bonchev–Trinajstić information content (AvgIpc) is 2.44. The maximum atomic E-state index is 8.77. The Morgan fingerprint density at radius 3 is 3.08 bits per heavy atom. The van der Waals surface area contributed by atoms with Crippen LogP contribution in [-0.2, 0) is 0 Å². The summed E-state index contributed by atoms with van der Waals surface area (Å²) >= 11 is 3.72. The summed E-state index contributed by atoms with van der Waals surface area (Å²) in [5.74, 6) is 0. The van der Waals surface area contributed by atoms with Crippen molar-refractivity contribution in [3.8, 4) is 6.07 Å². The first-order chi connectivity index (χ1) is 5.81. The van der Waals surface area contributed by atoms with Crippen LogP contribution >= 0.6 is 33.9 Å². The van der Waals surface area contributed by atoms with Gasteiger partial charge in [-0.2, -0.15) is 5.26 Å². The largest absolute Gasteiger partial charge is 0.230 e. The van der Waals surface area contributed by atoms with E-state index >= 15 is 0 Å². The van der Waals surface area contributed by atoms with Gasteiger partial charge in [-0.3, -0.25) is 0 Å². The number of thiazole rings is 1. The van der Waals surface area contributed by atoms with Crippen LogP contribution in [0.4, 0.5) is 0 Å². The summed E-state index contributed by atoms with van der Waals surface area (Å²) in [6, 6.07) is 7.75. The first-order valence-electron chi connectivity index (χ1n) is 3.26. The van der Waals surface area contributed by atoms with Crippen LogP contribution in [-0.4, -0.2) is 4.98 Å². The van der Waals surface area contributed by atoms with E-state index in [-0.39, 0.29) is 0 Å². The van der Waals surface area contributed by atoms with E-state index in [4.69, 9.17) is 5.26 Å². The normalized spacial score (nSPS) is 10.0. The Bertz CT molecular complexity index is 469. The van der Waals surface area contributed by atoms with Gasteiger partial charge in [0.05, 0.1) is 15.8 Å². The number of hydrogen-bond acceptors (Lipinski definition) is 3. The molecule has 0 aliphatic rings. The van der Waals surface area contributed by atoms with E-state index in [1.165, 1.54) is 0 Å². The summed E-state index contributed by atoms with van der Waals surface area (Å²) in [4.78, 5) is 4.28. The van der Waals surface area contributed by atoms with Crippen LogP contribution in [0.3, 0.4) is 0 Å². The van der Waals surface area contributed by atoms with E-state index in [1.54, 1.807) is 11.3 Å². The van der Waals surface area contributed by atoms with Crippen molar-refractivity contribution in [3.05, 3.63) is 26.8 Å². The molecule has 0 N–H and O–H groups in total. The summed E-state index contributed by atoms with van der Waals surface area (Å²) < 4.78 is 1.97. The Morgan fingerprint density at radius 1 is 1.50 bits per heavy atom. The van der Waals surface area contributed by atoms with Crippen LogP contribution in [0.1, 0.15) is 5.56 Å². The van der Waals surface area contributed by atoms with E-state index in [2.05, 4.69) is 33.6 Å². The maximum absolute atomic E-state index is 8.77. The highest BCUT2D eigenvalue weighted by Gasteiger charge is 2.04. The van der Waals surface area contributed by atoms with Gasteiger partial charge in [0.2, 0.25) is 0 Å². The lowest BCUT2D eigenvalue weighted by Gasteiger charge is -1.87. The van der Waals surface area contributed by atoms with Gasteiger partial charge >= 0.3 is 0 Å². The van der Waals surface area contributed by atoms with Gasteiger partial charge in [-0.05, 0) is 34.7 Å². The monoisotopic (exact) mass is 286 g/mol. The highest BCUT2D eigenvalue weighted by atomic mass is 127.